The average Bonchev–Trinajstić information content (AvgIpc) is 2.89. The molecule has 0 radical (unpaired) electrons. The van der Waals surface area contributed by atoms with Gasteiger partial charge in [0.05, 0.1) is 5.56 Å². The Balaban J connectivity index is 1.79. The smallest absolute Gasteiger partial charge is 0.338 e. The first-order chi connectivity index (χ1) is 9.16. The molecule has 1 saturated heterocycles. The van der Waals surface area contributed by atoms with Gasteiger partial charge in [-0.3, -0.25) is 0 Å². The fourth-order valence-corrected chi connectivity index (χ4v) is 3.12. The molecule has 0 aliphatic carbocycles. The number of thioether (sulfide) groups is 1. The number of nitrogens with zero attached hydrogens (tertiary/aromatic N) is 1. The zero-order valence-electron chi connectivity index (χ0n) is 10.8. The van der Waals surface area contributed by atoms with Crippen LogP contribution in [0.4, 0.5) is 4.39 Å². The number of likely N-dealkylation sites (tertiary alicyclic amines) is 1. The number of rotatable bonds is 6. The molecule has 104 valence electrons. The summed E-state index contributed by atoms with van der Waals surface area (Å²) in [5.74, 6) is -0.952. The molecule has 5 heteroatoms. The standard InChI is InChI=1S/C14H18FNO2S/c15-13-5-4-11(10-12(13)14(17)18)19-9-3-8-16-6-1-2-7-16/h4-5,10H,1-3,6-9H2,(H,17,18). The topological polar surface area (TPSA) is 40.5 Å². The first-order valence-electron chi connectivity index (χ1n) is 6.55. The highest BCUT2D eigenvalue weighted by atomic mass is 32.2. The highest BCUT2D eigenvalue weighted by Gasteiger charge is 2.12. The molecule has 1 aliphatic rings. The predicted octanol–water partition coefficient (Wildman–Crippen LogP) is 3.10. The van der Waals surface area contributed by atoms with E-state index in [1.807, 2.05) is 0 Å². The van der Waals surface area contributed by atoms with E-state index >= 15 is 0 Å². The summed E-state index contributed by atoms with van der Waals surface area (Å²) in [7, 11) is 0. The van der Waals surface area contributed by atoms with Gasteiger partial charge < -0.3 is 10.0 Å². The lowest BCUT2D eigenvalue weighted by atomic mass is 10.2. The summed E-state index contributed by atoms with van der Waals surface area (Å²) in [6, 6.07) is 4.28. The number of carboxylic acid groups (broad SMARTS) is 1. The van der Waals surface area contributed by atoms with Gasteiger partial charge in [0.25, 0.3) is 0 Å². The third-order valence-electron chi connectivity index (χ3n) is 3.25. The van der Waals surface area contributed by atoms with E-state index in [1.165, 1.54) is 38.1 Å². The monoisotopic (exact) mass is 283 g/mol. The summed E-state index contributed by atoms with van der Waals surface area (Å²) < 4.78 is 13.2. The predicted molar refractivity (Wildman–Crippen MR) is 74.4 cm³/mol. The number of carboxylic acids is 1. The second-order valence-corrected chi connectivity index (χ2v) is 5.87. The maximum absolute atomic E-state index is 13.2. The Morgan fingerprint density at radius 3 is 2.79 bits per heavy atom. The van der Waals surface area contributed by atoms with Crippen molar-refractivity contribution in [1.82, 2.24) is 4.90 Å². The molecule has 1 aliphatic heterocycles. The van der Waals surface area contributed by atoms with Crippen LogP contribution >= 0.6 is 11.8 Å². The van der Waals surface area contributed by atoms with E-state index in [9.17, 15) is 9.18 Å². The van der Waals surface area contributed by atoms with E-state index in [2.05, 4.69) is 4.90 Å². The second-order valence-electron chi connectivity index (χ2n) is 4.70. The van der Waals surface area contributed by atoms with Gasteiger partial charge in [0.1, 0.15) is 5.82 Å². The van der Waals surface area contributed by atoms with Gasteiger partial charge in [-0.2, -0.15) is 0 Å². The highest BCUT2D eigenvalue weighted by molar-refractivity contribution is 7.99. The molecule has 0 atom stereocenters. The van der Waals surface area contributed by atoms with Crippen LogP contribution in [0.1, 0.15) is 29.6 Å². The number of hydrogen-bond donors (Lipinski definition) is 1. The molecule has 0 amide bonds. The Bertz CT molecular complexity index is 447. The lowest BCUT2D eigenvalue weighted by Gasteiger charge is -2.13. The Morgan fingerprint density at radius 1 is 1.37 bits per heavy atom. The van der Waals surface area contributed by atoms with E-state index in [0.717, 1.165) is 23.6 Å². The molecule has 0 unspecified atom stereocenters. The number of halogens is 1. The number of hydrogen-bond acceptors (Lipinski definition) is 3. The van der Waals surface area contributed by atoms with Crippen LogP contribution in [0.15, 0.2) is 23.1 Å². The van der Waals surface area contributed by atoms with Crippen molar-refractivity contribution >= 4 is 17.7 Å². The van der Waals surface area contributed by atoms with Gasteiger partial charge >= 0.3 is 5.97 Å². The molecule has 1 N–H and O–H groups in total. The van der Waals surface area contributed by atoms with Crippen LogP contribution in [0, 0.1) is 5.82 Å². The van der Waals surface area contributed by atoms with Crippen LogP contribution in [0.5, 0.6) is 0 Å². The van der Waals surface area contributed by atoms with Crippen molar-refractivity contribution in [2.24, 2.45) is 0 Å². The zero-order chi connectivity index (χ0) is 13.7. The molecule has 0 bridgehead atoms. The minimum absolute atomic E-state index is 0.246. The summed E-state index contributed by atoms with van der Waals surface area (Å²) in [5, 5.41) is 8.85. The van der Waals surface area contributed by atoms with E-state index in [1.54, 1.807) is 17.8 Å². The summed E-state index contributed by atoms with van der Waals surface area (Å²) in [6.45, 7) is 3.49. The third-order valence-corrected chi connectivity index (χ3v) is 4.33. The molecule has 19 heavy (non-hydrogen) atoms. The average molecular weight is 283 g/mol. The first kappa shape index (κ1) is 14.3. The minimum Gasteiger partial charge on any atom is -0.478 e. The maximum atomic E-state index is 13.2. The quantitative estimate of drug-likeness (QED) is 0.643. The van der Waals surface area contributed by atoms with Crippen molar-refractivity contribution < 1.29 is 14.3 Å². The first-order valence-corrected chi connectivity index (χ1v) is 7.53. The van der Waals surface area contributed by atoms with Gasteiger partial charge in [-0.15, -0.1) is 11.8 Å². The molecule has 0 aromatic heterocycles. The van der Waals surface area contributed by atoms with Crippen molar-refractivity contribution in [2.45, 2.75) is 24.2 Å². The van der Waals surface area contributed by atoms with Gasteiger partial charge in [0.15, 0.2) is 0 Å². The van der Waals surface area contributed by atoms with Crippen LogP contribution in [-0.2, 0) is 0 Å². The molecule has 1 fully saturated rings. The molecule has 1 aromatic rings. The fourth-order valence-electron chi connectivity index (χ4n) is 2.24. The summed E-state index contributed by atoms with van der Waals surface area (Å²) in [5.41, 5.74) is -0.246. The lowest BCUT2D eigenvalue weighted by molar-refractivity contribution is 0.0691. The Labute approximate surface area is 116 Å². The highest BCUT2D eigenvalue weighted by Crippen LogP contribution is 2.22. The van der Waals surface area contributed by atoms with Crippen LogP contribution < -0.4 is 0 Å². The third kappa shape index (κ3) is 4.21. The van der Waals surface area contributed by atoms with Gasteiger partial charge in [-0.1, -0.05) is 0 Å². The van der Waals surface area contributed by atoms with Crippen LogP contribution in [0.25, 0.3) is 0 Å². The molecule has 0 saturated carbocycles. The molecule has 0 spiro atoms. The van der Waals surface area contributed by atoms with E-state index in [0.29, 0.717) is 0 Å². The summed E-state index contributed by atoms with van der Waals surface area (Å²) in [6.07, 6.45) is 3.67. The number of carbonyl (C=O) groups is 1. The van der Waals surface area contributed by atoms with Crippen molar-refractivity contribution in [1.29, 1.82) is 0 Å². The van der Waals surface area contributed by atoms with E-state index in [-0.39, 0.29) is 5.56 Å². The molecule has 2 rings (SSSR count). The fraction of sp³-hybridized carbons (Fsp3) is 0.500. The van der Waals surface area contributed by atoms with Crippen molar-refractivity contribution in [2.75, 3.05) is 25.4 Å². The molecular weight excluding hydrogens is 265 g/mol. The normalized spacial score (nSPS) is 15.8. The summed E-state index contributed by atoms with van der Waals surface area (Å²) in [4.78, 5) is 14.1. The number of aromatic carboxylic acids is 1. The van der Waals surface area contributed by atoms with E-state index < -0.39 is 11.8 Å². The van der Waals surface area contributed by atoms with Gasteiger partial charge in [0.2, 0.25) is 0 Å². The summed E-state index contributed by atoms with van der Waals surface area (Å²) >= 11 is 1.59. The van der Waals surface area contributed by atoms with Crippen molar-refractivity contribution in [3.8, 4) is 0 Å². The molecule has 1 heterocycles. The van der Waals surface area contributed by atoms with Gasteiger partial charge in [-0.05, 0) is 62.8 Å². The SMILES string of the molecule is O=C(O)c1cc(SCCCN2CCCC2)ccc1F. The van der Waals surface area contributed by atoms with Gasteiger partial charge in [-0.25, -0.2) is 9.18 Å². The lowest BCUT2D eigenvalue weighted by Crippen LogP contribution is -2.20. The van der Waals surface area contributed by atoms with Crippen LogP contribution in [0.2, 0.25) is 0 Å². The Hall–Kier alpha value is -1.07. The van der Waals surface area contributed by atoms with Crippen LogP contribution in [-0.4, -0.2) is 41.4 Å². The van der Waals surface area contributed by atoms with Crippen molar-refractivity contribution in [3.63, 3.8) is 0 Å². The second kappa shape index (κ2) is 6.91. The molecule has 1 aromatic carbocycles. The number of benzene rings is 1. The minimum atomic E-state index is -1.21. The van der Waals surface area contributed by atoms with Crippen molar-refractivity contribution in [3.05, 3.63) is 29.6 Å². The van der Waals surface area contributed by atoms with Gasteiger partial charge in [0, 0.05) is 4.90 Å². The zero-order valence-corrected chi connectivity index (χ0v) is 11.6. The molecule has 3 nitrogen and oxygen atoms in total. The largest absolute Gasteiger partial charge is 0.478 e. The van der Waals surface area contributed by atoms with Crippen LogP contribution in [0.3, 0.4) is 0 Å². The molecular formula is C14H18FNO2S. The maximum Gasteiger partial charge on any atom is 0.338 e. The Morgan fingerprint density at radius 2 is 2.11 bits per heavy atom. The Kier molecular flexibility index (Phi) is 5.22. The van der Waals surface area contributed by atoms with E-state index in [4.69, 9.17) is 5.11 Å².